The molecule has 30 heavy (non-hydrogen) atoms. The summed E-state index contributed by atoms with van der Waals surface area (Å²) in [5.74, 6) is 1.04. The topological polar surface area (TPSA) is 80.4 Å². The Balaban J connectivity index is 1.52. The molecule has 0 spiro atoms. The van der Waals surface area contributed by atoms with Gasteiger partial charge in [0.2, 0.25) is 0 Å². The van der Waals surface area contributed by atoms with Crippen LogP contribution in [0.4, 0.5) is 0 Å². The molecule has 0 fully saturated rings. The van der Waals surface area contributed by atoms with Crippen LogP contribution in [0.3, 0.4) is 0 Å². The smallest absolute Gasteiger partial charge is 0.251 e. The lowest BCUT2D eigenvalue weighted by atomic mass is 10.1. The molecule has 4 rings (SSSR count). The second kappa shape index (κ2) is 8.29. The predicted octanol–water partition coefficient (Wildman–Crippen LogP) is 3.67. The van der Waals surface area contributed by atoms with E-state index in [4.69, 9.17) is 9.47 Å². The van der Waals surface area contributed by atoms with E-state index in [2.05, 4.69) is 10.3 Å². The van der Waals surface area contributed by atoms with Crippen molar-refractivity contribution in [2.75, 3.05) is 20.8 Å². The minimum absolute atomic E-state index is 0.169. The molecule has 4 aromatic rings. The van der Waals surface area contributed by atoms with Crippen molar-refractivity contribution in [3.63, 3.8) is 0 Å². The number of fused-ring (bicyclic) bond motifs is 2. The van der Waals surface area contributed by atoms with Crippen LogP contribution in [-0.2, 0) is 6.42 Å². The van der Waals surface area contributed by atoms with Gasteiger partial charge in [0, 0.05) is 23.1 Å². The Bertz CT molecular complexity index is 1290. The van der Waals surface area contributed by atoms with Crippen molar-refractivity contribution in [3.05, 3.63) is 82.1 Å². The lowest BCUT2D eigenvalue weighted by molar-refractivity contribution is 0.0954. The summed E-state index contributed by atoms with van der Waals surface area (Å²) in [7, 11) is 3.13. The van der Waals surface area contributed by atoms with E-state index in [0.717, 1.165) is 16.2 Å². The van der Waals surface area contributed by atoms with Gasteiger partial charge >= 0.3 is 0 Å². The van der Waals surface area contributed by atoms with E-state index in [1.165, 1.54) is 0 Å². The summed E-state index contributed by atoms with van der Waals surface area (Å²) in [6.07, 6.45) is 0.394. The van der Waals surface area contributed by atoms with E-state index in [1.807, 2.05) is 36.4 Å². The predicted molar refractivity (Wildman–Crippen MR) is 118 cm³/mol. The molecule has 0 radical (unpaired) electrons. The fraction of sp³-hybridized carbons (Fsp3) is 0.167. The molecule has 3 aromatic carbocycles. The minimum Gasteiger partial charge on any atom is -0.496 e. The SMILES string of the molecule is COc1ccc(OC)c2[nH]c(=O)c(CCNC(=O)c3ccc4ccccc4c3)cc12. The van der Waals surface area contributed by atoms with E-state index in [9.17, 15) is 9.59 Å². The molecular formula is C24H22N2O4. The summed E-state index contributed by atoms with van der Waals surface area (Å²) >= 11 is 0. The van der Waals surface area contributed by atoms with Crippen LogP contribution in [0.2, 0.25) is 0 Å². The first-order valence-electron chi connectivity index (χ1n) is 9.64. The van der Waals surface area contributed by atoms with Gasteiger partial charge in [0.05, 0.1) is 19.7 Å². The molecule has 0 aliphatic carbocycles. The average Bonchev–Trinajstić information content (AvgIpc) is 2.78. The van der Waals surface area contributed by atoms with E-state index in [0.29, 0.717) is 41.1 Å². The zero-order valence-corrected chi connectivity index (χ0v) is 16.8. The van der Waals surface area contributed by atoms with Crippen molar-refractivity contribution in [2.45, 2.75) is 6.42 Å². The third kappa shape index (κ3) is 3.72. The Morgan fingerprint density at radius 3 is 2.43 bits per heavy atom. The van der Waals surface area contributed by atoms with Crippen LogP contribution in [0.5, 0.6) is 11.5 Å². The molecule has 1 aromatic heterocycles. The average molecular weight is 402 g/mol. The van der Waals surface area contributed by atoms with E-state index < -0.39 is 0 Å². The number of aromatic amines is 1. The number of H-pyrrole nitrogens is 1. The molecular weight excluding hydrogens is 380 g/mol. The largest absolute Gasteiger partial charge is 0.496 e. The number of rotatable bonds is 6. The Morgan fingerprint density at radius 1 is 0.933 bits per heavy atom. The monoisotopic (exact) mass is 402 g/mol. The molecule has 1 heterocycles. The summed E-state index contributed by atoms with van der Waals surface area (Å²) < 4.78 is 10.7. The van der Waals surface area contributed by atoms with Gasteiger partial charge in [0.15, 0.2) is 0 Å². The first kappa shape index (κ1) is 19.5. The highest BCUT2D eigenvalue weighted by Gasteiger charge is 2.12. The first-order chi connectivity index (χ1) is 14.6. The lowest BCUT2D eigenvalue weighted by Crippen LogP contribution is -2.27. The standard InChI is InChI=1S/C24H22N2O4/c1-29-20-9-10-21(30-2)22-19(20)14-18(24(28)26-22)11-12-25-23(27)17-8-7-15-5-3-4-6-16(15)13-17/h3-10,13-14H,11-12H2,1-2H3,(H,25,27)(H,26,28). The molecule has 0 bridgehead atoms. The molecule has 6 heteroatoms. The maximum Gasteiger partial charge on any atom is 0.251 e. The van der Waals surface area contributed by atoms with Gasteiger partial charge in [-0.2, -0.15) is 0 Å². The van der Waals surface area contributed by atoms with Crippen LogP contribution in [0, 0.1) is 0 Å². The second-order valence-corrected chi connectivity index (χ2v) is 6.95. The molecule has 0 aliphatic rings. The maximum absolute atomic E-state index is 12.5. The van der Waals surface area contributed by atoms with E-state index >= 15 is 0 Å². The minimum atomic E-state index is -0.214. The molecule has 0 aliphatic heterocycles. The van der Waals surface area contributed by atoms with Gasteiger partial charge in [-0.1, -0.05) is 30.3 Å². The van der Waals surface area contributed by atoms with Crippen molar-refractivity contribution >= 4 is 27.6 Å². The van der Waals surface area contributed by atoms with Crippen LogP contribution < -0.4 is 20.3 Å². The van der Waals surface area contributed by atoms with Crippen molar-refractivity contribution in [1.82, 2.24) is 10.3 Å². The number of benzene rings is 3. The van der Waals surface area contributed by atoms with Crippen LogP contribution in [0.1, 0.15) is 15.9 Å². The lowest BCUT2D eigenvalue weighted by Gasteiger charge is -2.11. The number of aromatic nitrogens is 1. The summed E-state index contributed by atoms with van der Waals surface area (Å²) in [6.45, 7) is 0.340. The fourth-order valence-corrected chi connectivity index (χ4v) is 3.56. The number of carbonyl (C=O) groups is 1. The third-order valence-corrected chi connectivity index (χ3v) is 5.15. The summed E-state index contributed by atoms with van der Waals surface area (Å²) in [5.41, 5.74) is 1.53. The third-order valence-electron chi connectivity index (χ3n) is 5.15. The highest BCUT2D eigenvalue weighted by atomic mass is 16.5. The van der Waals surface area contributed by atoms with Crippen molar-refractivity contribution in [3.8, 4) is 11.5 Å². The van der Waals surface area contributed by atoms with E-state index in [1.54, 1.807) is 38.5 Å². The Labute approximate surface area is 173 Å². The molecule has 0 saturated carbocycles. The van der Waals surface area contributed by atoms with Gasteiger partial charge in [-0.15, -0.1) is 0 Å². The number of pyridine rings is 1. The summed E-state index contributed by atoms with van der Waals surface area (Å²) in [6, 6.07) is 18.8. The second-order valence-electron chi connectivity index (χ2n) is 6.95. The molecule has 0 saturated heterocycles. The Kier molecular flexibility index (Phi) is 5.39. The van der Waals surface area contributed by atoms with Gasteiger partial charge in [-0.05, 0) is 47.5 Å². The normalized spacial score (nSPS) is 10.9. The molecule has 0 atom stereocenters. The van der Waals surface area contributed by atoms with Crippen LogP contribution in [0.15, 0.2) is 65.5 Å². The van der Waals surface area contributed by atoms with Gasteiger partial charge in [-0.3, -0.25) is 9.59 Å². The fourth-order valence-electron chi connectivity index (χ4n) is 3.56. The molecule has 0 unspecified atom stereocenters. The molecule has 2 N–H and O–H groups in total. The number of hydrogen-bond donors (Lipinski definition) is 2. The number of hydrogen-bond acceptors (Lipinski definition) is 4. The molecule has 152 valence electrons. The van der Waals surface area contributed by atoms with Gasteiger partial charge in [-0.25, -0.2) is 0 Å². The van der Waals surface area contributed by atoms with Gasteiger partial charge < -0.3 is 19.8 Å². The summed E-state index contributed by atoms with van der Waals surface area (Å²) in [4.78, 5) is 27.9. The number of methoxy groups -OCH3 is 2. The molecule has 6 nitrogen and oxygen atoms in total. The zero-order valence-electron chi connectivity index (χ0n) is 16.8. The maximum atomic E-state index is 12.5. The van der Waals surface area contributed by atoms with Crippen LogP contribution in [0.25, 0.3) is 21.7 Å². The highest BCUT2D eigenvalue weighted by Crippen LogP contribution is 2.31. The van der Waals surface area contributed by atoms with Crippen LogP contribution >= 0.6 is 0 Å². The van der Waals surface area contributed by atoms with Gasteiger partial charge in [0.1, 0.15) is 11.5 Å². The summed E-state index contributed by atoms with van der Waals surface area (Å²) in [5, 5.41) is 5.74. The number of ether oxygens (including phenoxy) is 2. The Hall–Kier alpha value is -3.80. The van der Waals surface area contributed by atoms with E-state index in [-0.39, 0.29) is 11.5 Å². The van der Waals surface area contributed by atoms with Crippen molar-refractivity contribution in [2.24, 2.45) is 0 Å². The van der Waals surface area contributed by atoms with Crippen LogP contribution in [-0.4, -0.2) is 31.7 Å². The zero-order chi connectivity index (χ0) is 21.1. The van der Waals surface area contributed by atoms with Crippen molar-refractivity contribution < 1.29 is 14.3 Å². The Morgan fingerprint density at radius 2 is 1.67 bits per heavy atom. The van der Waals surface area contributed by atoms with Gasteiger partial charge in [0.25, 0.3) is 11.5 Å². The quantitative estimate of drug-likeness (QED) is 0.516. The number of amides is 1. The number of nitrogens with one attached hydrogen (secondary N) is 2. The number of carbonyl (C=O) groups excluding carboxylic acids is 1. The molecule has 1 amide bonds. The highest BCUT2D eigenvalue weighted by molar-refractivity contribution is 5.98. The first-order valence-corrected chi connectivity index (χ1v) is 9.64. The van der Waals surface area contributed by atoms with Crippen molar-refractivity contribution in [1.29, 1.82) is 0 Å².